The summed E-state index contributed by atoms with van der Waals surface area (Å²) in [5.74, 6) is -0.935. The molecule has 0 unspecified atom stereocenters. The van der Waals surface area contributed by atoms with E-state index in [9.17, 15) is 20.1 Å². The van der Waals surface area contributed by atoms with E-state index in [4.69, 9.17) is 23.2 Å². The van der Waals surface area contributed by atoms with Crippen molar-refractivity contribution in [2.45, 2.75) is 12.0 Å². The summed E-state index contributed by atoms with van der Waals surface area (Å²) in [4.78, 5) is 11.5. The van der Waals surface area contributed by atoms with Gasteiger partial charge in [0, 0.05) is 33.2 Å². The van der Waals surface area contributed by atoms with Crippen molar-refractivity contribution in [3.63, 3.8) is 0 Å². The minimum atomic E-state index is -2.11. The molecular weight excluding hydrogens is 459 g/mol. The van der Waals surface area contributed by atoms with E-state index >= 15 is 0 Å². The number of aliphatic hydroxyl groups is 1. The number of phenolic OH excluding ortho intramolecular Hbond substituents is 1. The lowest BCUT2D eigenvalue weighted by Crippen LogP contribution is -2.34. The Kier molecular flexibility index (Phi) is 5.17. The molecule has 6 heteroatoms. The molecule has 0 radical (unpaired) electrons. The summed E-state index contributed by atoms with van der Waals surface area (Å²) in [6, 6.07) is 23.7. The highest BCUT2D eigenvalue weighted by molar-refractivity contribution is 6.31. The Hall–Kier alpha value is -3.31. The van der Waals surface area contributed by atoms with Crippen LogP contribution in [-0.2, 0) is 16.8 Å². The Morgan fingerprint density at radius 1 is 0.758 bits per heavy atom. The molecule has 0 spiro atoms. The number of rotatable bonds is 1. The number of carboxylic acid groups (broad SMARTS) is 1. The number of fused-ring (bicyclic) bond motifs is 6. The molecule has 2 aliphatic carbocycles. The molecule has 6 rings (SSSR count). The topological polar surface area (TPSA) is 77.8 Å². The zero-order chi connectivity index (χ0) is 23.3. The molecule has 0 saturated carbocycles. The van der Waals surface area contributed by atoms with E-state index in [1.54, 1.807) is 30.3 Å². The van der Waals surface area contributed by atoms with Crippen molar-refractivity contribution in [3.05, 3.63) is 111 Å². The third kappa shape index (κ3) is 3.39. The van der Waals surface area contributed by atoms with Crippen molar-refractivity contribution in [1.29, 1.82) is 0 Å². The van der Waals surface area contributed by atoms with Crippen LogP contribution >= 0.6 is 23.2 Å². The van der Waals surface area contributed by atoms with Gasteiger partial charge in [0.05, 0.1) is 0 Å². The first-order chi connectivity index (χ1) is 15.8. The molecule has 4 nitrogen and oxygen atoms in total. The lowest BCUT2D eigenvalue weighted by atomic mass is 9.92. The van der Waals surface area contributed by atoms with Crippen LogP contribution in [0.25, 0.3) is 22.3 Å². The Balaban J connectivity index is 0.000000144. The number of carboxylic acids is 1. The fourth-order valence-corrected chi connectivity index (χ4v) is 4.96. The number of hydrogen-bond acceptors (Lipinski definition) is 3. The third-order valence-corrected chi connectivity index (χ3v) is 6.64. The molecule has 0 bridgehead atoms. The Morgan fingerprint density at radius 2 is 1.33 bits per heavy atom. The zero-order valence-corrected chi connectivity index (χ0v) is 18.7. The molecule has 4 aromatic carbocycles. The minimum absolute atomic E-state index is 0.268. The Bertz CT molecular complexity index is 1380. The van der Waals surface area contributed by atoms with E-state index in [-0.39, 0.29) is 11.1 Å². The van der Waals surface area contributed by atoms with Gasteiger partial charge in [0.15, 0.2) is 0 Å². The molecule has 33 heavy (non-hydrogen) atoms. The third-order valence-electron chi connectivity index (χ3n) is 6.17. The van der Waals surface area contributed by atoms with Gasteiger partial charge in [0.25, 0.3) is 0 Å². The molecule has 2 aliphatic rings. The molecule has 164 valence electrons. The highest BCUT2D eigenvalue weighted by Crippen LogP contribution is 2.49. The highest BCUT2D eigenvalue weighted by Gasteiger charge is 2.48. The van der Waals surface area contributed by atoms with Crippen LogP contribution in [0.5, 0.6) is 5.75 Å². The highest BCUT2D eigenvalue weighted by atomic mass is 35.5. The number of halogens is 2. The fourth-order valence-electron chi connectivity index (χ4n) is 4.62. The predicted molar refractivity (Wildman–Crippen MR) is 129 cm³/mol. The standard InChI is InChI=1S/C14H8Cl2O3.C13H10O/c15-7-1-3-9-10-4-2-8(16)6-12(10)14(19,13(17)18)11(9)5-7;14-13-7-3-6-11-10-5-2-1-4-9(10)8-12(11)13/h1-6,19H,(H,17,18);1-7,14H,8H2. The van der Waals surface area contributed by atoms with Gasteiger partial charge in [0.2, 0.25) is 5.60 Å². The van der Waals surface area contributed by atoms with Gasteiger partial charge in [-0.15, -0.1) is 0 Å². The lowest BCUT2D eigenvalue weighted by Gasteiger charge is -2.20. The van der Waals surface area contributed by atoms with Gasteiger partial charge in [0.1, 0.15) is 5.75 Å². The van der Waals surface area contributed by atoms with Gasteiger partial charge in [-0.25, -0.2) is 4.79 Å². The first kappa shape index (κ1) is 21.5. The van der Waals surface area contributed by atoms with Crippen LogP contribution in [0.1, 0.15) is 22.3 Å². The summed E-state index contributed by atoms with van der Waals surface area (Å²) >= 11 is 11.8. The second-order valence-corrected chi connectivity index (χ2v) is 8.91. The van der Waals surface area contributed by atoms with E-state index in [1.165, 1.54) is 28.8 Å². The maximum Gasteiger partial charge on any atom is 0.345 e. The van der Waals surface area contributed by atoms with Crippen LogP contribution in [0.2, 0.25) is 10.0 Å². The number of hydrogen-bond donors (Lipinski definition) is 3. The Morgan fingerprint density at radius 3 is 1.94 bits per heavy atom. The SMILES string of the molecule is O=C(O)C1(O)c2cc(Cl)ccc2-c2ccc(Cl)cc21.Oc1cccc2c1Cc1ccccc1-2. The quantitative estimate of drug-likeness (QED) is 0.267. The minimum Gasteiger partial charge on any atom is -0.508 e. The van der Waals surface area contributed by atoms with Crippen molar-refractivity contribution >= 4 is 29.2 Å². The van der Waals surface area contributed by atoms with Gasteiger partial charge in [-0.2, -0.15) is 0 Å². The number of aromatic hydroxyl groups is 1. The summed E-state index contributed by atoms with van der Waals surface area (Å²) in [6.45, 7) is 0. The number of aliphatic carboxylic acids is 1. The molecule has 0 aliphatic heterocycles. The van der Waals surface area contributed by atoms with Gasteiger partial charge >= 0.3 is 5.97 Å². The maximum absolute atomic E-state index is 11.5. The monoisotopic (exact) mass is 476 g/mol. The van der Waals surface area contributed by atoms with Crippen LogP contribution in [0.4, 0.5) is 0 Å². The van der Waals surface area contributed by atoms with Crippen LogP contribution < -0.4 is 0 Å². The molecular formula is C27H18Cl2O4. The number of phenols is 1. The van der Waals surface area contributed by atoms with Crippen LogP contribution in [-0.4, -0.2) is 21.3 Å². The lowest BCUT2D eigenvalue weighted by molar-refractivity contribution is -0.154. The molecule has 0 heterocycles. The predicted octanol–water partition coefficient (Wildman–Crippen LogP) is 6.26. The molecule has 0 aromatic heterocycles. The molecule has 0 fully saturated rings. The summed E-state index contributed by atoms with van der Waals surface area (Å²) in [6.07, 6.45) is 0.859. The van der Waals surface area contributed by atoms with Crippen LogP contribution in [0.3, 0.4) is 0 Å². The second kappa shape index (κ2) is 7.92. The second-order valence-electron chi connectivity index (χ2n) is 8.03. The zero-order valence-electron chi connectivity index (χ0n) is 17.2. The fraction of sp³-hybridized carbons (Fsp3) is 0.0741. The summed E-state index contributed by atoms with van der Waals surface area (Å²) in [5.41, 5.74) is 4.55. The number of carbonyl (C=O) groups is 1. The molecule has 0 saturated heterocycles. The maximum atomic E-state index is 11.5. The summed E-state index contributed by atoms with van der Waals surface area (Å²) < 4.78 is 0. The van der Waals surface area contributed by atoms with E-state index in [1.807, 2.05) is 18.2 Å². The van der Waals surface area contributed by atoms with Crippen molar-refractivity contribution in [2.24, 2.45) is 0 Å². The largest absolute Gasteiger partial charge is 0.508 e. The van der Waals surface area contributed by atoms with E-state index in [2.05, 4.69) is 18.2 Å². The van der Waals surface area contributed by atoms with E-state index in [0.29, 0.717) is 26.9 Å². The molecule has 4 aromatic rings. The van der Waals surface area contributed by atoms with Crippen LogP contribution in [0.15, 0.2) is 78.9 Å². The summed E-state index contributed by atoms with van der Waals surface area (Å²) in [7, 11) is 0. The van der Waals surface area contributed by atoms with Gasteiger partial charge in [-0.1, -0.05) is 71.7 Å². The molecule has 0 amide bonds. The van der Waals surface area contributed by atoms with Gasteiger partial charge < -0.3 is 15.3 Å². The van der Waals surface area contributed by atoms with Gasteiger partial charge in [-0.05, 0) is 58.1 Å². The average molecular weight is 477 g/mol. The molecule has 3 N–H and O–H groups in total. The smallest absolute Gasteiger partial charge is 0.345 e. The normalized spacial score (nSPS) is 13.8. The van der Waals surface area contributed by atoms with Crippen molar-refractivity contribution in [3.8, 4) is 28.0 Å². The van der Waals surface area contributed by atoms with E-state index < -0.39 is 11.6 Å². The van der Waals surface area contributed by atoms with Crippen molar-refractivity contribution < 1.29 is 20.1 Å². The first-order valence-electron chi connectivity index (χ1n) is 10.3. The van der Waals surface area contributed by atoms with Crippen molar-refractivity contribution in [2.75, 3.05) is 0 Å². The average Bonchev–Trinajstić information content (AvgIpc) is 3.30. The van der Waals surface area contributed by atoms with E-state index in [0.717, 1.165) is 12.0 Å². The number of benzene rings is 4. The Labute approximate surface area is 200 Å². The first-order valence-corrected chi connectivity index (χ1v) is 11.0. The van der Waals surface area contributed by atoms with Crippen LogP contribution in [0, 0.1) is 0 Å². The van der Waals surface area contributed by atoms with Gasteiger partial charge in [-0.3, -0.25) is 0 Å². The molecule has 0 atom stereocenters. The van der Waals surface area contributed by atoms with Crippen molar-refractivity contribution in [1.82, 2.24) is 0 Å². The summed E-state index contributed by atoms with van der Waals surface area (Å²) in [5, 5.41) is 30.5.